The molecule has 0 bridgehead atoms. The summed E-state index contributed by atoms with van der Waals surface area (Å²) in [6, 6.07) is 0. The molecule has 0 saturated carbocycles. The molecule has 1 nitrogen and oxygen atoms in total. The summed E-state index contributed by atoms with van der Waals surface area (Å²) in [5.41, 5.74) is 0. The third-order valence-corrected chi connectivity index (χ3v) is 4.43. The maximum atomic E-state index is 5.79. The lowest BCUT2D eigenvalue weighted by Gasteiger charge is -2.19. The van der Waals surface area contributed by atoms with Gasteiger partial charge in [0.15, 0.2) is 4.33 Å². The van der Waals surface area contributed by atoms with E-state index in [4.69, 9.17) is 34.8 Å². The molecule has 0 spiro atoms. The van der Waals surface area contributed by atoms with Gasteiger partial charge in [-0.3, -0.25) is 0 Å². The number of hydrogen-bond donors (Lipinski definition) is 0. The van der Waals surface area contributed by atoms with Crippen LogP contribution in [0.4, 0.5) is 0 Å². The first-order valence-electron chi connectivity index (χ1n) is 2.52. The van der Waals surface area contributed by atoms with Crippen LogP contribution in [0.2, 0.25) is 0 Å². The first-order chi connectivity index (χ1) is 4.02. The smallest absolute Gasteiger partial charge is 0.228 e. The standard InChI is InChI=1S/C4H5Cl3NP/c1-2-3(5,6)4(7)8-9-4/h2H2,1H3. The van der Waals surface area contributed by atoms with E-state index in [9.17, 15) is 0 Å². The maximum Gasteiger partial charge on any atom is 0.228 e. The number of alkyl halides is 3. The zero-order valence-corrected chi connectivity index (χ0v) is 7.90. The average Bonchev–Trinajstić information content (AvgIpc) is 2.49. The van der Waals surface area contributed by atoms with Crippen molar-refractivity contribution in [3.05, 3.63) is 0 Å². The Morgan fingerprint density at radius 3 is 2.22 bits per heavy atom. The summed E-state index contributed by atoms with van der Waals surface area (Å²) in [6.07, 6.45) is 0.621. The molecule has 1 heterocycles. The molecule has 1 rings (SSSR count). The summed E-state index contributed by atoms with van der Waals surface area (Å²) in [5, 5.41) is 0. The summed E-state index contributed by atoms with van der Waals surface area (Å²) >= 11 is 17.4. The number of rotatable bonds is 2. The molecule has 1 atom stereocenters. The Kier molecular flexibility index (Phi) is 2.00. The van der Waals surface area contributed by atoms with Crippen molar-refractivity contribution in [1.82, 2.24) is 0 Å². The summed E-state index contributed by atoms with van der Waals surface area (Å²) in [6.45, 7) is 1.88. The topological polar surface area (TPSA) is 12.4 Å². The molecular weight excluding hydrogens is 199 g/mol. The number of halogens is 3. The van der Waals surface area contributed by atoms with Gasteiger partial charge in [-0.2, -0.15) is 0 Å². The minimum atomic E-state index is -0.879. The molecule has 1 aliphatic rings. The van der Waals surface area contributed by atoms with Crippen molar-refractivity contribution in [2.45, 2.75) is 22.4 Å². The fraction of sp³-hybridized carbons (Fsp3) is 1.00. The molecule has 1 aliphatic heterocycles. The normalized spacial score (nSPS) is 34.7. The van der Waals surface area contributed by atoms with Crippen molar-refractivity contribution in [2.75, 3.05) is 0 Å². The molecule has 0 N–H and O–H groups in total. The Bertz CT molecular complexity index is 150. The zero-order valence-electron chi connectivity index (χ0n) is 4.74. The molecular formula is C4H5Cl3NP. The second kappa shape index (κ2) is 2.23. The fourth-order valence-electron chi connectivity index (χ4n) is 0.415. The molecule has 0 amide bonds. The van der Waals surface area contributed by atoms with Crippen LogP contribution in [0.15, 0.2) is 4.74 Å². The largest absolute Gasteiger partial charge is 0.228 e. The number of hydrogen-bond acceptors (Lipinski definition) is 1. The second-order valence-corrected chi connectivity index (χ2v) is 5.19. The third-order valence-electron chi connectivity index (χ3n) is 1.19. The lowest BCUT2D eigenvalue weighted by atomic mass is 10.3. The molecule has 9 heavy (non-hydrogen) atoms. The maximum absolute atomic E-state index is 5.79. The van der Waals surface area contributed by atoms with E-state index in [1.54, 1.807) is 0 Å². The van der Waals surface area contributed by atoms with Gasteiger partial charge in [-0.05, 0) is 6.42 Å². The summed E-state index contributed by atoms with van der Waals surface area (Å²) in [7, 11) is 0.795. The van der Waals surface area contributed by atoms with Crippen LogP contribution in [0, 0.1) is 0 Å². The molecule has 0 radical (unpaired) electrons. The van der Waals surface area contributed by atoms with Gasteiger partial charge in [-0.25, -0.2) is 4.74 Å². The molecule has 52 valence electrons. The van der Waals surface area contributed by atoms with Gasteiger partial charge in [0.25, 0.3) is 0 Å². The molecule has 1 unspecified atom stereocenters. The van der Waals surface area contributed by atoms with Crippen LogP contribution < -0.4 is 0 Å². The van der Waals surface area contributed by atoms with Crippen molar-refractivity contribution in [1.29, 1.82) is 0 Å². The van der Waals surface area contributed by atoms with Crippen molar-refractivity contribution in [3.8, 4) is 0 Å². The van der Waals surface area contributed by atoms with Crippen LogP contribution in [0.3, 0.4) is 0 Å². The third kappa shape index (κ3) is 1.35. The van der Waals surface area contributed by atoms with Crippen molar-refractivity contribution in [3.63, 3.8) is 0 Å². The van der Waals surface area contributed by atoms with Crippen LogP contribution in [0.1, 0.15) is 13.3 Å². The van der Waals surface area contributed by atoms with Crippen LogP contribution in [-0.4, -0.2) is 9.07 Å². The van der Waals surface area contributed by atoms with E-state index in [0.717, 1.165) is 8.37 Å². The highest BCUT2D eigenvalue weighted by atomic mass is 35.5. The quantitative estimate of drug-likeness (QED) is 0.370. The highest BCUT2D eigenvalue weighted by molar-refractivity contribution is 7.40. The van der Waals surface area contributed by atoms with Gasteiger partial charge in [0, 0.05) is 0 Å². The van der Waals surface area contributed by atoms with E-state index in [1.807, 2.05) is 6.92 Å². The Balaban J connectivity index is 2.60. The first-order valence-corrected chi connectivity index (χ1v) is 4.51. The lowest BCUT2D eigenvalue weighted by molar-refractivity contribution is 0.704. The highest BCUT2D eigenvalue weighted by Gasteiger charge is 2.54. The van der Waals surface area contributed by atoms with Gasteiger partial charge < -0.3 is 0 Å². The fourth-order valence-corrected chi connectivity index (χ4v) is 1.65. The summed E-state index contributed by atoms with van der Waals surface area (Å²) in [4.78, 5) is 0. The van der Waals surface area contributed by atoms with Crippen molar-refractivity contribution < 1.29 is 0 Å². The molecule has 0 saturated heterocycles. The van der Waals surface area contributed by atoms with Crippen molar-refractivity contribution >= 4 is 43.2 Å². The number of nitrogens with zero attached hydrogens (tertiary/aromatic N) is 1. The van der Waals surface area contributed by atoms with Gasteiger partial charge in [0.05, 0.1) is 8.37 Å². The molecule has 0 aromatic carbocycles. The Morgan fingerprint density at radius 2 is 2.11 bits per heavy atom. The van der Waals surface area contributed by atoms with Gasteiger partial charge in [0.1, 0.15) is 0 Å². The van der Waals surface area contributed by atoms with Gasteiger partial charge in [-0.15, -0.1) is 0 Å². The Hall–Kier alpha value is 0.970. The minimum Gasteiger partial charge on any atom is -0.228 e. The van der Waals surface area contributed by atoms with Crippen LogP contribution in [0.25, 0.3) is 0 Å². The minimum absolute atomic E-state index is 0.621. The zero-order chi connectivity index (χ0) is 7.12. The van der Waals surface area contributed by atoms with E-state index in [1.165, 1.54) is 0 Å². The van der Waals surface area contributed by atoms with E-state index < -0.39 is 9.07 Å². The molecule has 0 fully saturated rings. The van der Waals surface area contributed by atoms with Crippen LogP contribution in [-0.2, 0) is 0 Å². The first kappa shape index (κ1) is 8.07. The predicted octanol–water partition coefficient (Wildman–Crippen LogP) is 3.61. The van der Waals surface area contributed by atoms with Crippen LogP contribution >= 0.6 is 43.2 Å². The van der Waals surface area contributed by atoms with E-state index in [2.05, 4.69) is 4.74 Å². The van der Waals surface area contributed by atoms with Crippen LogP contribution in [0.5, 0.6) is 0 Å². The van der Waals surface area contributed by atoms with E-state index >= 15 is 0 Å². The Morgan fingerprint density at radius 1 is 1.67 bits per heavy atom. The predicted molar refractivity (Wildman–Crippen MR) is 42.7 cm³/mol. The summed E-state index contributed by atoms with van der Waals surface area (Å²) in [5.74, 6) is 0. The van der Waals surface area contributed by atoms with Crippen molar-refractivity contribution in [2.24, 2.45) is 4.74 Å². The Labute approximate surface area is 70.6 Å². The highest BCUT2D eigenvalue weighted by Crippen LogP contribution is 2.61. The monoisotopic (exact) mass is 203 g/mol. The van der Waals surface area contributed by atoms with E-state index in [0.29, 0.717) is 6.42 Å². The average molecular weight is 204 g/mol. The molecule has 0 aliphatic carbocycles. The molecule has 0 aromatic rings. The molecule has 0 aromatic heterocycles. The van der Waals surface area contributed by atoms with Gasteiger partial charge in [-0.1, -0.05) is 41.7 Å². The summed E-state index contributed by atoms with van der Waals surface area (Å²) < 4.78 is 2.27. The van der Waals surface area contributed by atoms with Gasteiger partial charge in [0.2, 0.25) is 4.74 Å². The second-order valence-electron chi connectivity index (χ2n) is 1.85. The van der Waals surface area contributed by atoms with E-state index in [-0.39, 0.29) is 0 Å². The molecule has 5 heteroatoms. The van der Waals surface area contributed by atoms with Gasteiger partial charge >= 0.3 is 0 Å². The lowest BCUT2D eigenvalue weighted by Crippen LogP contribution is -2.26. The SMILES string of the molecule is CCC(Cl)(Cl)C1(Cl)N=P1.